The number of halogens is 1. The highest BCUT2D eigenvalue weighted by Gasteiger charge is 2.67. The van der Waals surface area contributed by atoms with E-state index in [1.54, 1.807) is 0 Å². The lowest BCUT2D eigenvalue weighted by molar-refractivity contribution is -0.184. The highest BCUT2D eigenvalue weighted by atomic mass is 127. The molecule has 0 N–H and O–H groups in total. The molecule has 2 saturated carbocycles. The largest absolute Gasteiger partial charge is 0.299 e. The standard InChI is InChI=1S/C14H21IO/c1-4-14-8-5-6-10(16)12(14)13(2,3)11(14)7-9-15/h4,11-12H,1,5-9H2,2-3H3/t11-,12-,14+/m1/s1. The third-order valence-corrected chi connectivity index (χ3v) is 5.58. The van der Waals surface area contributed by atoms with Gasteiger partial charge in [-0.3, -0.25) is 4.79 Å². The van der Waals surface area contributed by atoms with Crippen molar-refractivity contribution in [3.63, 3.8) is 0 Å². The lowest BCUT2D eigenvalue weighted by Gasteiger charge is -2.67. The van der Waals surface area contributed by atoms with Crippen molar-refractivity contribution in [3.05, 3.63) is 12.7 Å². The van der Waals surface area contributed by atoms with E-state index < -0.39 is 0 Å². The van der Waals surface area contributed by atoms with Crippen LogP contribution in [0.2, 0.25) is 0 Å². The van der Waals surface area contributed by atoms with Gasteiger partial charge in [-0.15, -0.1) is 6.58 Å². The van der Waals surface area contributed by atoms with Crippen molar-refractivity contribution in [2.45, 2.75) is 39.5 Å². The molecule has 0 aromatic carbocycles. The molecule has 2 rings (SSSR count). The first kappa shape index (κ1) is 12.6. The number of carbonyl (C=O) groups is 1. The molecule has 2 aliphatic rings. The number of hydrogen-bond acceptors (Lipinski definition) is 1. The van der Waals surface area contributed by atoms with Crippen molar-refractivity contribution in [2.24, 2.45) is 22.7 Å². The van der Waals surface area contributed by atoms with Gasteiger partial charge in [0.05, 0.1) is 0 Å². The van der Waals surface area contributed by atoms with Gasteiger partial charge in [-0.2, -0.15) is 0 Å². The van der Waals surface area contributed by atoms with Gasteiger partial charge in [-0.1, -0.05) is 42.5 Å². The van der Waals surface area contributed by atoms with Crippen LogP contribution in [0.15, 0.2) is 12.7 Å². The Bertz CT molecular complexity index is 321. The van der Waals surface area contributed by atoms with Crippen LogP contribution >= 0.6 is 22.6 Å². The predicted octanol–water partition coefficient (Wildman–Crippen LogP) is 4.01. The molecule has 2 fully saturated rings. The van der Waals surface area contributed by atoms with Crippen molar-refractivity contribution < 1.29 is 4.79 Å². The van der Waals surface area contributed by atoms with Crippen LogP contribution in [0.5, 0.6) is 0 Å². The molecule has 1 nitrogen and oxygen atoms in total. The highest BCUT2D eigenvalue weighted by molar-refractivity contribution is 14.1. The SMILES string of the molecule is C=C[C@@]12CCCC(=O)[C@@H]1C(C)(C)[C@H]2CCI. The molecule has 0 saturated heterocycles. The zero-order valence-electron chi connectivity index (χ0n) is 10.3. The summed E-state index contributed by atoms with van der Waals surface area (Å²) in [6, 6.07) is 0. The summed E-state index contributed by atoms with van der Waals surface area (Å²) in [6.45, 7) is 8.59. The summed E-state index contributed by atoms with van der Waals surface area (Å²) in [5, 5.41) is 0. The van der Waals surface area contributed by atoms with Crippen LogP contribution in [0.1, 0.15) is 39.5 Å². The number of hydrogen-bond donors (Lipinski definition) is 0. The van der Waals surface area contributed by atoms with Gasteiger partial charge in [0, 0.05) is 17.8 Å². The Hall–Kier alpha value is 0.140. The van der Waals surface area contributed by atoms with E-state index >= 15 is 0 Å². The van der Waals surface area contributed by atoms with Gasteiger partial charge in [0.15, 0.2) is 0 Å². The van der Waals surface area contributed by atoms with Crippen molar-refractivity contribution >= 4 is 28.4 Å². The Morgan fingerprint density at radius 3 is 2.81 bits per heavy atom. The summed E-state index contributed by atoms with van der Waals surface area (Å²) in [5.41, 5.74) is 0.334. The van der Waals surface area contributed by atoms with E-state index in [-0.39, 0.29) is 16.7 Å². The Kier molecular flexibility index (Phi) is 3.23. The Balaban J connectivity index is 2.34. The first-order valence-electron chi connectivity index (χ1n) is 6.23. The Morgan fingerprint density at radius 1 is 1.56 bits per heavy atom. The third-order valence-electron chi connectivity index (χ3n) is 4.96. The first-order valence-corrected chi connectivity index (χ1v) is 7.75. The molecule has 16 heavy (non-hydrogen) atoms. The quantitative estimate of drug-likeness (QED) is 0.434. The molecule has 0 heterocycles. The van der Waals surface area contributed by atoms with Gasteiger partial charge in [0.2, 0.25) is 0 Å². The van der Waals surface area contributed by atoms with Crippen LogP contribution in [0, 0.1) is 22.7 Å². The van der Waals surface area contributed by atoms with E-state index in [0.29, 0.717) is 11.7 Å². The van der Waals surface area contributed by atoms with Crippen LogP contribution in [-0.4, -0.2) is 10.2 Å². The number of alkyl halides is 1. The molecular formula is C14H21IO. The summed E-state index contributed by atoms with van der Waals surface area (Å²) >= 11 is 2.45. The second-order valence-electron chi connectivity index (χ2n) is 5.92. The van der Waals surface area contributed by atoms with Crippen LogP contribution in [0.3, 0.4) is 0 Å². The maximum absolute atomic E-state index is 12.1. The van der Waals surface area contributed by atoms with E-state index in [1.807, 2.05) is 0 Å². The van der Waals surface area contributed by atoms with Gasteiger partial charge >= 0.3 is 0 Å². The second-order valence-corrected chi connectivity index (χ2v) is 7.00. The maximum atomic E-state index is 12.1. The lowest BCUT2D eigenvalue weighted by Crippen LogP contribution is -2.65. The minimum atomic E-state index is 0.143. The predicted molar refractivity (Wildman–Crippen MR) is 75.8 cm³/mol. The highest BCUT2D eigenvalue weighted by Crippen LogP contribution is 2.69. The Morgan fingerprint density at radius 2 is 2.25 bits per heavy atom. The average molecular weight is 332 g/mol. The van der Waals surface area contributed by atoms with Crippen LogP contribution in [-0.2, 0) is 4.79 Å². The van der Waals surface area contributed by atoms with E-state index in [9.17, 15) is 4.79 Å². The third kappa shape index (κ3) is 1.44. The van der Waals surface area contributed by atoms with Crippen LogP contribution < -0.4 is 0 Å². The molecule has 0 aromatic heterocycles. The molecule has 3 atom stereocenters. The zero-order valence-corrected chi connectivity index (χ0v) is 12.4. The molecule has 0 radical (unpaired) electrons. The number of carbonyl (C=O) groups excluding carboxylic acids is 1. The summed E-state index contributed by atoms with van der Waals surface area (Å²) in [6.07, 6.45) is 6.37. The molecule has 2 aliphatic carbocycles. The molecule has 0 bridgehead atoms. The van der Waals surface area contributed by atoms with Crippen molar-refractivity contribution in [3.8, 4) is 0 Å². The molecule has 90 valence electrons. The van der Waals surface area contributed by atoms with E-state index in [0.717, 1.165) is 12.8 Å². The number of fused-ring (bicyclic) bond motifs is 1. The van der Waals surface area contributed by atoms with Crippen molar-refractivity contribution in [2.75, 3.05) is 4.43 Å². The smallest absolute Gasteiger partial charge is 0.137 e. The minimum absolute atomic E-state index is 0.143. The average Bonchev–Trinajstić information content (AvgIpc) is 2.24. The minimum Gasteiger partial charge on any atom is -0.299 e. The normalized spacial score (nSPS) is 41.1. The van der Waals surface area contributed by atoms with Crippen molar-refractivity contribution in [1.29, 1.82) is 0 Å². The van der Waals surface area contributed by atoms with Gasteiger partial charge in [0.25, 0.3) is 0 Å². The molecule has 0 amide bonds. The fourth-order valence-corrected chi connectivity index (χ4v) is 5.17. The fourth-order valence-electron chi connectivity index (χ4n) is 4.55. The van der Waals surface area contributed by atoms with Gasteiger partial charge in [0.1, 0.15) is 5.78 Å². The summed E-state index contributed by atoms with van der Waals surface area (Å²) in [7, 11) is 0. The Labute approximate surface area is 112 Å². The number of rotatable bonds is 3. The zero-order chi connectivity index (χ0) is 12.0. The molecule has 0 aromatic rings. The van der Waals surface area contributed by atoms with Gasteiger partial charge in [-0.05, 0) is 35.0 Å². The number of Topliss-reactive ketones (excluding diaryl/α,β-unsaturated/α-hetero) is 1. The summed E-state index contributed by atoms with van der Waals surface area (Å²) < 4.78 is 1.18. The number of ketones is 1. The van der Waals surface area contributed by atoms with Gasteiger partial charge < -0.3 is 0 Å². The van der Waals surface area contributed by atoms with E-state index in [1.165, 1.54) is 17.3 Å². The van der Waals surface area contributed by atoms with Crippen molar-refractivity contribution in [1.82, 2.24) is 0 Å². The molecule has 0 spiro atoms. The lowest BCUT2D eigenvalue weighted by atomic mass is 9.36. The topological polar surface area (TPSA) is 17.1 Å². The van der Waals surface area contributed by atoms with E-state index in [4.69, 9.17) is 0 Å². The monoisotopic (exact) mass is 332 g/mol. The summed E-state index contributed by atoms with van der Waals surface area (Å²) in [4.78, 5) is 12.1. The first-order chi connectivity index (χ1) is 7.50. The summed E-state index contributed by atoms with van der Waals surface area (Å²) in [5.74, 6) is 1.39. The fraction of sp³-hybridized carbons (Fsp3) is 0.786. The van der Waals surface area contributed by atoms with E-state index in [2.05, 4.69) is 49.1 Å². The molecular weight excluding hydrogens is 311 g/mol. The molecule has 0 unspecified atom stereocenters. The maximum Gasteiger partial charge on any atom is 0.137 e. The number of allylic oxidation sites excluding steroid dienone is 1. The van der Waals surface area contributed by atoms with Crippen LogP contribution in [0.25, 0.3) is 0 Å². The van der Waals surface area contributed by atoms with Crippen LogP contribution in [0.4, 0.5) is 0 Å². The molecule has 0 aliphatic heterocycles. The molecule has 2 heteroatoms. The second kappa shape index (κ2) is 4.11. The van der Waals surface area contributed by atoms with Gasteiger partial charge in [-0.25, -0.2) is 0 Å².